The van der Waals surface area contributed by atoms with Crippen LogP contribution in [-0.4, -0.2) is 12.4 Å². The van der Waals surface area contributed by atoms with Gasteiger partial charge in [0.2, 0.25) is 10.0 Å². The van der Waals surface area contributed by atoms with Gasteiger partial charge in [0.1, 0.15) is 0 Å². The fourth-order valence-electron chi connectivity index (χ4n) is 1.89. The minimum Gasteiger partial charge on any atom is -0.360 e. The number of fused-ring (bicyclic) bond motifs is 1. The Labute approximate surface area is 157 Å². The first-order valence-electron chi connectivity index (χ1n) is 5.48. The van der Waals surface area contributed by atoms with Crippen molar-refractivity contribution in [3.8, 4) is 0 Å². The van der Waals surface area contributed by atoms with E-state index in [1.54, 1.807) is 42.5 Å². The predicted molar refractivity (Wildman–Crippen MR) is 82.6 cm³/mol. The normalized spacial score (nSPS) is 9.64. The summed E-state index contributed by atoms with van der Waals surface area (Å²) in [7, 11) is -3.56. The van der Waals surface area contributed by atoms with E-state index in [1.807, 2.05) is 18.2 Å². The molecule has 0 unspecified atom stereocenters. The van der Waals surface area contributed by atoms with Gasteiger partial charge in [-0.25, -0.2) is 8.42 Å². The van der Waals surface area contributed by atoms with Gasteiger partial charge in [-0.15, -0.1) is 12.1 Å². The van der Waals surface area contributed by atoms with Crippen LogP contribution < -0.4 is 18.9 Å². The van der Waals surface area contributed by atoms with Gasteiger partial charge in [-0.3, -0.25) is 0 Å². The molecule has 0 aliphatic rings. The Morgan fingerprint density at radius 1 is 0.864 bits per heavy atom. The number of aromatic nitrogens is 1. The second-order valence-corrected chi connectivity index (χ2v) is 5.70. The standard InChI is InChI=1S/C14H10NO2S.2CH3.Li.Zn/c16-18(17,13-7-2-1-3-8-13)15-11-10-12-6-4-5-9-14(12)15;;;;/h1-10H;2*1H3;;/q3*-1;+1;+2. The Kier molecular flexibility index (Phi) is 9.93. The first-order chi connectivity index (χ1) is 8.69. The summed E-state index contributed by atoms with van der Waals surface area (Å²) in [5, 5.41) is 0.858. The molecule has 0 saturated carbocycles. The molecule has 0 aliphatic heterocycles. The largest absolute Gasteiger partial charge is 2.00 e. The molecule has 3 rings (SSSR count). The zero-order valence-electron chi connectivity index (χ0n) is 13.2. The molecule has 3 aromatic rings. The second-order valence-electron chi connectivity index (χ2n) is 3.91. The van der Waals surface area contributed by atoms with E-state index in [1.165, 1.54) is 3.97 Å². The van der Waals surface area contributed by atoms with Crippen LogP contribution in [0, 0.1) is 21.1 Å². The van der Waals surface area contributed by atoms with Crippen LogP contribution in [0.1, 0.15) is 0 Å². The Morgan fingerprint density at radius 3 is 2.05 bits per heavy atom. The molecule has 6 heteroatoms. The topological polar surface area (TPSA) is 39.1 Å². The van der Waals surface area contributed by atoms with Gasteiger partial charge in [-0.05, 0) is 12.1 Å². The van der Waals surface area contributed by atoms with Crippen LogP contribution in [0.2, 0.25) is 0 Å². The predicted octanol–water partition coefficient (Wildman–Crippen LogP) is 0.581. The van der Waals surface area contributed by atoms with Crippen molar-refractivity contribution in [1.82, 2.24) is 3.97 Å². The molecule has 0 radical (unpaired) electrons. The van der Waals surface area contributed by atoms with Gasteiger partial charge in [0.05, 0.1) is 4.90 Å². The van der Waals surface area contributed by atoms with Gasteiger partial charge in [0, 0.05) is 0 Å². The van der Waals surface area contributed by atoms with E-state index in [4.69, 9.17) is 0 Å². The van der Waals surface area contributed by atoms with Crippen molar-refractivity contribution in [1.29, 1.82) is 0 Å². The van der Waals surface area contributed by atoms with E-state index in [2.05, 4.69) is 6.20 Å². The van der Waals surface area contributed by atoms with E-state index in [9.17, 15) is 8.42 Å². The summed E-state index contributed by atoms with van der Waals surface area (Å²) in [5.74, 6) is 0. The van der Waals surface area contributed by atoms with Crippen molar-refractivity contribution in [2.75, 3.05) is 0 Å². The van der Waals surface area contributed by atoms with Gasteiger partial charge in [0.25, 0.3) is 0 Å². The van der Waals surface area contributed by atoms with Gasteiger partial charge >= 0.3 is 38.3 Å². The van der Waals surface area contributed by atoms with E-state index in [0.29, 0.717) is 5.52 Å². The summed E-state index contributed by atoms with van der Waals surface area (Å²) in [6.07, 6.45) is 2.78. The first-order valence-corrected chi connectivity index (χ1v) is 6.92. The maximum absolute atomic E-state index is 12.4. The number of rotatable bonds is 2. The van der Waals surface area contributed by atoms with Crippen molar-refractivity contribution in [3.05, 3.63) is 81.7 Å². The number of hydrogen-bond acceptors (Lipinski definition) is 2. The van der Waals surface area contributed by atoms with Gasteiger partial charge in [-0.2, -0.15) is 11.5 Å². The van der Waals surface area contributed by atoms with Crippen molar-refractivity contribution >= 4 is 20.9 Å². The van der Waals surface area contributed by atoms with Crippen molar-refractivity contribution in [2.24, 2.45) is 0 Å². The molecule has 0 aliphatic carbocycles. The molecule has 22 heavy (non-hydrogen) atoms. The van der Waals surface area contributed by atoms with Crippen LogP contribution in [0.5, 0.6) is 0 Å². The molecule has 0 spiro atoms. The van der Waals surface area contributed by atoms with Crippen LogP contribution >= 0.6 is 0 Å². The van der Waals surface area contributed by atoms with Crippen LogP contribution in [0.25, 0.3) is 10.9 Å². The third kappa shape index (κ3) is 4.12. The number of nitrogens with zero attached hydrogens (tertiary/aromatic N) is 1. The van der Waals surface area contributed by atoms with Crippen LogP contribution in [0.15, 0.2) is 65.6 Å². The summed E-state index contributed by atoms with van der Waals surface area (Å²) in [4.78, 5) is 0.266. The van der Waals surface area contributed by atoms with Gasteiger partial charge in [-0.1, -0.05) is 42.0 Å². The minimum atomic E-state index is -3.56. The summed E-state index contributed by atoms with van der Waals surface area (Å²) >= 11 is 0. The molecule has 0 N–H and O–H groups in total. The van der Waals surface area contributed by atoms with E-state index in [0.717, 1.165) is 5.39 Å². The monoisotopic (exact) mass is 357 g/mol. The van der Waals surface area contributed by atoms with Crippen LogP contribution in [0.4, 0.5) is 0 Å². The average molecular weight is 359 g/mol. The fraction of sp³-hybridized carbons (Fsp3) is 0. The quantitative estimate of drug-likeness (QED) is 0.496. The summed E-state index contributed by atoms with van der Waals surface area (Å²) < 4.78 is 26.1. The Balaban J connectivity index is 0. The maximum Gasteiger partial charge on any atom is 2.00 e. The molecule has 106 valence electrons. The molecule has 0 saturated heterocycles. The zero-order valence-corrected chi connectivity index (χ0v) is 16.9. The first kappa shape index (κ1) is 23.4. The molecule has 0 amide bonds. The van der Waals surface area contributed by atoms with Crippen molar-refractivity contribution < 1.29 is 46.8 Å². The number of benzene rings is 2. The minimum absolute atomic E-state index is 0. The smallest absolute Gasteiger partial charge is 0.360 e. The summed E-state index contributed by atoms with van der Waals surface area (Å²) in [5.41, 5.74) is 0.640. The van der Waals surface area contributed by atoms with Crippen LogP contribution in [0.3, 0.4) is 0 Å². The Bertz CT molecular complexity index is 801. The third-order valence-corrected chi connectivity index (χ3v) is 4.42. The number of para-hydroxylation sites is 1. The molecular formula is C16H16LiNO2SZn. The van der Waals surface area contributed by atoms with E-state index in [-0.39, 0.29) is 58.1 Å². The summed E-state index contributed by atoms with van der Waals surface area (Å²) in [6.45, 7) is 0. The molecular weight excluding hydrogens is 343 g/mol. The average Bonchev–Trinajstić information content (AvgIpc) is 2.84. The third-order valence-electron chi connectivity index (χ3n) is 2.77. The Hall–Kier alpha value is -0.849. The summed E-state index contributed by atoms with van der Waals surface area (Å²) in [6, 6.07) is 17.4. The van der Waals surface area contributed by atoms with Gasteiger partial charge < -0.3 is 18.8 Å². The van der Waals surface area contributed by atoms with Crippen molar-refractivity contribution in [3.63, 3.8) is 0 Å². The molecule has 3 nitrogen and oxygen atoms in total. The molecule has 1 heterocycles. The molecule has 0 fully saturated rings. The zero-order chi connectivity index (χ0) is 12.6. The molecule has 0 bridgehead atoms. The molecule has 0 atom stereocenters. The SMILES string of the molecule is O=S(=O)(c1ccccc1)n1[c-]cc2ccccc21.[CH3-].[CH3-].[Li+].[Zn+2]. The second kappa shape index (κ2) is 9.33. The molecule has 1 aromatic heterocycles. The Morgan fingerprint density at radius 2 is 1.41 bits per heavy atom. The fourth-order valence-corrected chi connectivity index (χ4v) is 3.22. The van der Waals surface area contributed by atoms with Crippen LogP contribution in [-0.2, 0) is 29.5 Å². The van der Waals surface area contributed by atoms with E-state index >= 15 is 0 Å². The number of hydrogen-bond donors (Lipinski definition) is 0. The molecule has 2 aromatic carbocycles. The maximum atomic E-state index is 12.4. The van der Waals surface area contributed by atoms with Crippen molar-refractivity contribution in [2.45, 2.75) is 4.90 Å². The van der Waals surface area contributed by atoms with E-state index < -0.39 is 10.0 Å². The van der Waals surface area contributed by atoms with Gasteiger partial charge in [0.15, 0.2) is 0 Å².